The molecule has 0 aliphatic carbocycles. The van der Waals surface area contributed by atoms with E-state index in [0.717, 1.165) is 25.7 Å². The maximum Gasteiger partial charge on any atom is 0.303 e. The van der Waals surface area contributed by atoms with Crippen molar-refractivity contribution in [1.29, 1.82) is 0 Å². The maximum absolute atomic E-state index is 12.3. The Hall–Kier alpha value is -2.28. The van der Waals surface area contributed by atoms with Crippen LogP contribution in [0.4, 0.5) is 0 Å². The summed E-state index contributed by atoms with van der Waals surface area (Å²) >= 11 is 0. The van der Waals surface area contributed by atoms with Gasteiger partial charge in [0.25, 0.3) is 0 Å². The maximum atomic E-state index is 12.3. The number of esters is 4. The standard InChI is InChI=1S/C45H82O12/c1-7-9-11-13-15-17-19-21-23-25-27-29-31-50-33-40(51-32-30-28-26-24-22-20-18-16-14-12-10-8-2)34-53-45-44(56-39(6)49)43(55-38(5)48)42(54-37(4)47)41(57-45)35-52-36(3)46/h40-45H,7-35H2,1-6H3/t40?,41-,42-,43+,44-,45-/m1/s1. The van der Waals surface area contributed by atoms with E-state index >= 15 is 0 Å². The molecule has 1 saturated heterocycles. The number of ether oxygens (including phenoxy) is 8. The molecule has 0 spiro atoms. The van der Waals surface area contributed by atoms with Gasteiger partial charge in [0.15, 0.2) is 24.6 Å². The third kappa shape index (κ3) is 28.7. The first kappa shape index (κ1) is 52.7. The Labute approximate surface area is 345 Å². The fourth-order valence-electron chi connectivity index (χ4n) is 7.12. The molecule has 1 aliphatic heterocycles. The summed E-state index contributed by atoms with van der Waals surface area (Å²) in [6, 6.07) is 0. The Morgan fingerprint density at radius 2 is 0.877 bits per heavy atom. The summed E-state index contributed by atoms with van der Waals surface area (Å²) in [5.74, 6) is -2.65. The van der Waals surface area contributed by atoms with Crippen molar-refractivity contribution in [2.75, 3.05) is 33.0 Å². The molecule has 57 heavy (non-hydrogen) atoms. The number of rotatable bonds is 37. The molecule has 1 unspecified atom stereocenters. The first-order valence-electron chi connectivity index (χ1n) is 22.7. The molecular weight excluding hydrogens is 732 g/mol. The van der Waals surface area contributed by atoms with E-state index in [-0.39, 0.29) is 13.2 Å². The summed E-state index contributed by atoms with van der Waals surface area (Å²) in [4.78, 5) is 48.3. The summed E-state index contributed by atoms with van der Waals surface area (Å²) in [5, 5.41) is 0. The van der Waals surface area contributed by atoms with E-state index in [1.54, 1.807) is 0 Å². The van der Waals surface area contributed by atoms with E-state index in [4.69, 9.17) is 37.9 Å². The largest absolute Gasteiger partial charge is 0.463 e. The van der Waals surface area contributed by atoms with Crippen molar-refractivity contribution >= 4 is 23.9 Å². The van der Waals surface area contributed by atoms with Crippen LogP contribution in [0.5, 0.6) is 0 Å². The predicted molar refractivity (Wildman–Crippen MR) is 221 cm³/mol. The third-order valence-electron chi connectivity index (χ3n) is 10.2. The molecule has 0 radical (unpaired) electrons. The van der Waals surface area contributed by atoms with E-state index in [2.05, 4.69) is 13.8 Å². The Morgan fingerprint density at radius 1 is 0.474 bits per heavy atom. The van der Waals surface area contributed by atoms with Crippen LogP contribution < -0.4 is 0 Å². The second kappa shape index (κ2) is 35.6. The van der Waals surface area contributed by atoms with Crippen LogP contribution in [0, 0.1) is 0 Å². The van der Waals surface area contributed by atoms with Crippen LogP contribution in [0.1, 0.15) is 196 Å². The van der Waals surface area contributed by atoms with Crippen LogP contribution in [0.15, 0.2) is 0 Å². The van der Waals surface area contributed by atoms with Crippen LogP contribution in [-0.2, 0) is 57.1 Å². The first-order valence-corrected chi connectivity index (χ1v) is 22.7. The lowest BCUT2D eigenvalue weighted by atomic mass is 9.98. The van der Waals surface area contributed by atoms with E-state index in [1.807, 2.05) is 0 Å². The first-order chi connectivity index (χ1) is 27.6. The van der Waals surface area contributed by atoms with Crippen molar-refractivity contribution in [2.45, 2.75) is 232 Å². The summed E-state index contributed by atoms with van der Waals surface area (Å²) in [7, 11) is 0. The Morgan fingerprint density at radius 3 is 1.32 bits per heavy atom. The SMILES string of the molecule is CCCCCCCCCCCCCCOCC(CO[C@@H]1O[C@H](COC(C)=O)[C@@H](OC(C)=O)[C@H](OC(C)=O)[C@H]1OC(C)=O)OCCCCCCCCCCCCCC. The van der Waals surface area contributed by atoms with Gasteiger partial charge >= 0.3 is 23.9 Å². The molecule has 12 heteroatoms. The average Bonchev–Trinajstić information content (AvgIpc) is 3.16. The topological polar surface area (TPSA) is 142 Å². The molecule has 0 aromatic heterocycles. The average molecular weight is 815 g/mol. The minimum absolute atomic E-state index is 0.0183. The van der Waals surface area contributed by atoms with Gasteiger partial charge in [-0.05, 0) is 12.8 Å². The van der Waals surface area contributed by atoms with Crippen LogP contribution in [0.2, 0.25) is 0 Å². The van der Waals surface area contributed by atoms with Gasteiger partial charge < -0.3 is 37.9 Å². The van der Waals surface area contributed by atoms with E-state index < -0.39 is 60.7 Å². The van der Waals surface area contributed by atoms with Gasteiger partial charge in [0.05, 0.1) is 13.2 Å². The molecule has 1 rings (SSSR count). The van der Waals surface area contributed by atoms with Crippen LogP contribution in [0.25, 0.3) is 0 Å². The van der Waals surface area contributed by atoms with Crippen LogP contribution >= 0.6 is 0 Å². The van der Waals surface area contributed by atoms with Gasteiger partial charge in [0.2, 0.25) is 0 Å². The summed E-state index contributed by atoms with van der Waals surface area (Å²) < 4.78 is 46.5. The van der Waals surface area contributed by atoms with Gasteiger partial charge in [-0.1, -0.05) is 155 Å². The molecule has 334 valence electrons. The number of hydrogen-bond acceptors (Lipinski definition) is 12. The Kier molecular flexibility index (Phi) is 33.0. The van der Waals surface area contributed by atoms with Crippen molar-refractivity contribution in [3.8, 4) is 0 Å². The fourth-order valence-corrected chi connectivity index (χ4v) is 7.12. The fraction of sp³-hybridized carbons (Fsp3) is 0.911. The normalized spacial score (nSPS) is 19.9. The van der Waals surface area contributed by atoms with Gasteiger partial charge in [-0.15, -0.1) is 0 Å². The highest BCUT2D eigenvalue weighted by molar-refractivity contribution is 5.68. The van der Waals surface area contributed by atoms with Crippen molar-refractivity contribution < 1.29 is 57.1 Å². The lowest BCUT2D eigenvalue weighted by molar-refractivity contribution is -0.312. The second-order valence-corrected chi connectivity index (χ2v) is 15.7. The van der Waals surface area contributed by atoms with Gasteiger partial charge in [-0.2, -0.15) is 0 Å². The number of carbonyl (C=O) groups excluding carboxylic acids is 4. The molecule has 12 nitrogen and oxygen atoms in total. The van der Waals surface area contributed by atoms with Crippen LogP contribution in [0.3, 0.4) is 0 Å². The highest BCUT2D eigenvalue weighted by atomic mass is 16.7. The molecule has 1 aliphatic rings. The number of unbranched alkanes of at least 4 members (excludes halogenated alkanes) is 22. The summed E-state index contributed by atoms with van der Waals surface area (Å²) in [5.41, 5.74) is 0. The Bertz CT molecular complexity index is 1020. The minimum atomic E-state index is -1.29. The second-order valence-electron chi connectivity index (χ2n) is 15.7. The molecule has 0 bridgehead atoms. The zero-order valence-electron chi connectivity index (χ0n) is 36.9. The molecule has 6 atom stereocenters. The molecule has 0 saturated carbocycles. The zero-order valence-corrected chi connectivity index (χ0v) is 36.9. The lowest BCUT2D eigenvalue weighted by Crippen LogP contribution is -2.63. The van der Waals surface area contributed by atoms with Gasteiger partial charge in [0.1, 0.15) is 18.8 Å². The highest BCUT2D eigenvalue weighted by Crippen LogP contribution is 2.30. The quantitative estimate of drug-likeness (QED) is 0.0335. The molecule has 1 heterocycles. The zero-order chi connectivity index (χ0) is 41.9. The van der Waals surface area contributed by atoms with Gasteiger partial charge in [-0.25, -0.2) is 0 Å². The third-order valence-corrected chi connectivity index (χ3v) is 10.2. The van der Waals surface area contributed by atoms with Crippen molar-refractivity contribution in [3.63, 3.8) is 0 Å². The smallest absolute Gasteiger partial charge is 0.303 e. The van der Waals surface area contributed by atoms with Crippen molar-refractivity contribution in [2.24, 2.45) is 0 Å². The van der Waals surface area contributed by atoms with E-state index in [9.17, 15) is 19.2 Å². The molecule has 0 N–H and O–H groups in total. The monoisotopic (exact) mass is 815 g/mol. The number of hydrogen-bond donors (Lipinski definition) is 0. The summed E-state index contributed by atoms with van der Waals surface area (Å²) in [6.07, 6.45) is 23.5. The van der Waals surface area contributed by atoms with Crippen molar-refractivity contribution in [1.82, 2.24) is 0 Å². The molecule has 0 aromatic carbocycles. The van der Waals surface area contributed by atoms with Crippen LogP contribution in [-0.4, -0.2) is 93.7 Å². The van der Waals surface area contributed by atoms with E-state index in [0.29, 0.717) is 19.8 Å². The van der Waals surface area contributed by atoms with E-state index in [1.165, 1.54) is 156 Å². The number of carbonyl (C=O) groups is 4. The predicted octanol–water partition coefficient (Wildman–Crippen LogP) is 9.89. The molecule has 0 aromatic rings. The van der Waals surface area contributed by atoms with Gasteiger partial charge in [-0.3, -0.25) is 19.2 Å². The van der Waals surface area contributed by atoms with Gasteiger partial charge in [0, 0.05) is 40.9 Å². The molecule has 1 fully saturated rings. The Balaban J connectivity index is 2.78. The molecular formula is C45H82O12. The molecule has 0 amide bonds. The highest BCUT2D eigenvalue weighted by Gasteiger charge is 2.53. The minimum Gasteiger partial charge on any atom is -0.463 e. The summed E-state index contributed by atoms with van der Waals surface area (Å²) in [6.45, 7) is 10.5. The lowest BCUT2D eigenvalue weighted by Gasteiger charge is -2.44. The van der Waals surface area contributed by atoms with Crippen molar-refractivity contribution in [3.05, 3.63) is 0 Å².